The van der Waals surface area contributed by atoms with Crippen LogP contribution >= 0.6 is 0 Å². The molecule has 0 aromatic heterocycles. The molecule has 0 unspecified atom stereocenters. The van der Waals surface area contributed by atoms with Gasteiger partial charge in [0.25, 0.3) is 5.91 Å². The van der Waals surface area contributed by atoms with E-state index in [1.807, 2.05) is 5.48 Å². The van der Waals surface area contributed by atoms with Gasteiger partial charge in [0.15, 0.2) is 0 Å². The van der Waals surface area contributed by atoms with E-state index >= 15 is 0 Å². The summed E-state index contributed by atoms with van der Waals surface area (Å²) >= 11 is 0. The lowest BCUT2D eigenvalue weighted by atomic mass is 10.3. The van der Waals surface area contributed by atoms with Gasteiger partial charge in [0.05, 0.1) is 6.42 Å². The quantitative estimate of drug-likeness (QED) is 0.385. The minimum Gasteiger partial charge on any atom is -0.336 e. The number of nitrogens with one attached hydrogen (secondary N) is 1. The van der Waals surface area contributed by atoms with Gasteiger partial charge in [-0.3, -0.25) is 9.59 Å². The van der Waals surface area contributed by atoms with Crippen LogP contribution in [-0.4, -0.2) is 17.7 Å². The van der Waals surface area contributed by atoms with E-state index in [4.69, 9.17) is 0 Å². The molecule has 0 aliphatic carbocycles. The molecule has 0 rings (SSSR count). The minimum atomic E-state index is -0.725. The summed E-state index contributed by atoms with van der Waals surface area (Å²) in [6.45, 7) is 6.01. The summed E-state index contributed by atoms with van der Waals surface area (Å²) in [5, 5.41) is 0. The molecule has 1 N–H and O–H groups in total. The van der Waals surface area contributed by atoms with E-state index in [2.05, 4.69) is 11.4 Å². The van der Waals surface area contributed by atoms with Crippen molar-refractivity contribution in [2.75, 3.05) is 0 Å². The molecule has 0 saturated carbocycles. The lowest BCUT2D eigenvalue weighted by molar-refractivity contribution is -0.155. The van der Waals surface area contributed by atoms with Crippen molar-refractivity contribution in [2.45, 2.75) is 20.3 Å². The number of rotatable bonds is 3. The van der Waals surface area contributed by atoms with Crippen LogP contribution in [0.3, 0.4) is 0 Å². The third-order valence-electron chi connectivity index (χ3n) is 1.02. The van der Waals surface area contributed by atoms with E-state index in [1.165, 1.54) is 13.8 Å². The van der Waals surface area contributed by atoms with Crippen LogP contribution in [0.4, 0.5) is 0 Å². The summed E-state index contributed by atoms with van der Waals surface area (Å²) in [5.41, 5.74) is 1.99. The molecule has 0 heterocycles. The Morgan fingerprint density at radius 2 is 1.85 bits per heavy atom. The smallest absolute Gasteiger partial charge is 0.336 e. The highest BCUT2D eigenvalue weighted by Crippen LogP contribution is 1.89. The maximum absolute atomic E-state index is 10.7. The van der Waals surface area contributed by atoms with Gasteiger partial charge in [-0.1, -0.05) is 6.58 Å². The molecule has 0 bridgehead atoms. The number of hydrogen-bond acceptors (Lipinski definition) is 4. The van der Waals surface area contributed by atoms with Crippen LogP contribution < -0.4 is 5.48 Å². The lowest BCUT2D eigenvalue weighted by Crippen LogP contribution is -2.28. The van der Waals surface area contributed by atoms with Crippen molar-refractivity contribution in [1.29, 1.82) is 0 Å². The Balaban J connectivity index is 3.77. The number of Topliss-reactive ketones (excluding diaryl/α,β-unsaturated/α-hetero) is 1. The third kappa shape index (κ3) is 5.60. The van der Waals surface area contributed by atoms with Gasteiger partial charge in [-0.05, 0) is 13.8 Å². The van der Waals surface area contributed by atoms with Crippen molar-refractivity contribution in [2.24, 2.45) is 0 Å². The molecule has 0 atom stereocenters. The van der Waals surface area contributed by atoms with Gasteiger partial charge in [0.1, 0.15) is 5.78 Å². The van der Waals surface area contributed by atoms with Crippen molar-refractivity contribution in [1.82, 2.24) is 5.48 Å². The van der Waals surface area contributed by atoms with Crippen molar-refractivity contribution in [3.05, 3.63) is 12.2 Å². The molecule has 0 aliphatic heterocycles. The first-order chi connectivity index (χ1) is 5.93. The average molecular weight is 185 g/mol. The lowest BCUT2D eigenvalue weighted by Gasteiger charge is -2.03. The Kier molecular flexibility index (Phi) is 4.43. The topological polar surface area (TPSA) is 72.5 Å². The second-order valence-corrected chi connectivity index (χ2v) is 2.57. The summed E-state index contributed by atoms with van der Waals surface area (Å²) in [7, 11) is 0. The first-order valence-electron chi connectivity index (χ1n) is 3.58. The van der Waals surface area contributed by atoms with Crippen LogP contribution in [0.1, 0.15) is 20.3 Å². The van der Waals surface area contributed by atoms with Crippen molar-refractivity contribution in [3.8, 4) is 0 Å². The molecule has 0 fully saturated rings. The van der Waals surface area contributed by atoms with Gasteiger partial charge < -0.3 is 4.84 Å². The van der Waals surface area contributed by atoms with E-state index in [0.717, 1.165) is 0 Å². The van der Waals surface area contributed by atoms with Gasteiger partial charge in [0, 0.05) is 5.57 Å². The highest BCUT2D eigenvalue weighted by atomic mass is 16.7. The van der Waals surface area contributed by atoms with E-state index in [0.29, 0.717) is 0 Å². The number of hydrogen-bond donors (Lipinski definition) is 1. The minimum absolute atomic E-state index is 0.170. The third-order valence-corrected chi connectivity index (χ3v) is 1.02. The van der Waals surface area contributed by atoms with Crippen LogP contribution in [0.15, 0.2) is 12.2 Å². The van der Waals surface area contributed by atoms with E-state index in [9.17, 15) is 14.4 Å². The van der Waals surface area contributed by atoms with Crippen molar-refractivity contribution in [3.63, 3.8) is 0 Å². The van der Waals surface area contributed by atoms with Gasteiger partial charge in [0.2, 0.25) is 0 Å². The zero-order chi connectivity index (χ0) is 10.4. The molecule has 0 aromatic carbocycles. The van der Waals surface area contributed by atoms with E-state index in [-0.39, 0.29) is 17.8 Å². The second-order valence-electron chi connectivity index (χ2n) is 2.57. The molecule has 5 nitrogen and oxygen atoms in total. The fraction of sp³-hybridized carbons (Fsp3) is 0.375. The maximum Gasteiger partial charge on any atom is 0.358 e. The van der Waals surface area contributed by atoms with Crippen LogP contribution in [0.5, 0.6) is 0 Å². The summed E-state index contributed by atoms with van der Waals surface area (Å²) in [6.07, 6.45) is -0.302. The molecular formula is C8H11NO4. The standard InChI is InChI=1S/C8H11NO4/c1-5(2)8(12)13-9-7(11)4-6(3)10/h1,4H2,2-3H3,(H,9,11). The predicted molar refractivity (Wildman–Crippen MR) is 44.3 cm³/mol. The molecule has 1 amide bonds. The Morgan fingerprint density at radius 1 is 1.31 bits per heavy atom. The second kappa shape index (κ2) is 5.08. The van der Waals surface area contributed by atoms with Crippen molar-refractivity contribution < 1.29 is 19.2 Å². The summed E-state index contributed by atoms with van der Waals surface area (Å²) in [5.74, 6) is -1.68. The number of hydroxylamine groups is 1. The molecule has 0 aliphatic rings. The summed E-state index contributed by atoms with van der Waals surface area (Å²) < 4.78 is 0. The number of carbonyl (C=O) groups is 3. The summed E-state index contributed by atoms with van der Waals surface area (Å²) in [4.78, 5) is 36.1. The van der Waals surface area contributed by atoms with Gasteiger partial charge >= 0.3 is 5.97 Å². The molecule has 0 spiro atoms. The molecule has 72 valence electrons. The normalized spacial score (nSPS) is 8.77. The molecule has 5 heteroatoms. The highest BCUT2D eigenvalue weighted by Gasteiger charge is 2.08. The van der Waals surface area contributed by atoms with E-state index < -0.39 is 11.9 Å². The fourth-order valence-electron chi connectivity index (χ4n) is 0.453. The monoisotopic (exact) mass is 185 g/mol. The number of amides is 1. The first kappa shape index (κ1) is 11.4. The zero-order valence-corrected chi connectivity index (χ0v) is 7.55. The molecule has 0 radical (unpaired) electrons. The van der Waals surface area contributed by atoms with Crippen LogP contribution in [-0.2, 0) is 19.2 Å². The van der Waals surface area contributed by atoms with Gasteiger partial charge in [-0.25, -0.2) is 4.79 Å². The number of ketones is 1. The van der Waals surface area contributed by atoms with Gasteiger partial charge in [-0.15, -0.1) is 0 Å². The van der Waals surface area contributed by atoms with Crippen LogP contribution in [0.25, 0.3) is 0 Å². The Labute approximate surface area is 75.7 Å². The SMILES string of the molecule is C=C(C)C(=O)ONC(=O)CC(C)=O. The summed E-state index contributed by atoms with van der Waals surface area (Å²) in [6, 6.07) is 0. The maximum atomic E-state index is 10.7. The molecule has 0 aromatic rings. The largest absolute Gasteiger partial charge is 0.358 e. The molecule has 13 heavy (non-hydrogen) atoms. The molecule has 0 saturated heterocycles. The predicted octanol–water partition coefficient (Wildman–Crippen LogP) is 0.116. The average Bonchev–Trinajstić information content (AvgIpc) is 1.98. The fourth-order valence-corrected chi connectivity index (χ4v) is 0.453. The Bertz CT molecular complexity index is 257. The van der Waals surface area contributed by atoms with Crippen LogP contribution in [0, 0.1) is 0 Å². The van der Waals surface area contributed by atoms with E-state index in [1.54, 1.807) is 0 Å². The Hall–Kier alpha value is -1.65. The Morgan fingerprint density at radius 3 is 2.23 bits per heavy atom. The van der Waals surface area contributed by atoms with Crippen molar-refractivity contribution >= 4 is 17.7 Å². The van der Waals surface area contributed by atoms with Gasteiger partial charge in [-0.2, -0.15) is 5.48 Å². The molecular weight excluding hydrogens is 174 g/mol. The van der Waals surface area contributed by atoms with Crippen LogP contribution in [0.2, 0.25) is 0 Å². The highest BCUT2D eigenvalue weighted by molar-refractivity contribution is 5.97. The first-order valence-corrected chi connectivity index (χ1v) is 3.58. The number of carbonyl (C=O) groups excluding carboxylic acids is 3. The zero-order valence-electron chi connectivity index (χ0n) is 7.55.